The second kappa shape index (κ2) is 21.2. The lowest BCUT2D eigenvalue weighted by Crippen LogP contribution is -2.63. The number of carbonyl (C=O) groups is 6. The monoisotopic (exact) mass is 1120 g/mol. The molecule has 12 N–H and O–H groups in total. The molecule has 2 aliphatic heterocycles. The minimum absolute atomic E-state index is 0. The Labute approximate surface area is 454 Å². The Morgan fingerprint density at radius 3 is 1.28 bits per heavy atom. The van der Waals surface area contributed by atoms with E-state index in [1.807, 2.05) is 0 Å². The third-order valence-corrected chi connectivity index (χ3v) is 16.0. The molecule has 6 aliphatic rings. The van der Waals surface area contributed by atoms with E-state index < -0.39 is 191 Å². The Balaban J connectivity index is 0.00000757. The number of aliphatic hydroxyl groups is 6. The maximum Gasteiger partial charge on any atom is 0.202 e. The van der Waals surface area contributed by atoms with Crippen LogP contribution in [-0.2, 0) is 41.4 Å². The van der Waals surface area contributed by atoms with Gasteiger partial charge in [-0.25, -0.2) is 0 Å². The molecule has 2 fully saturated rings. The fourth-order valence-corrected chi connectivity index (χ4v) is 11.9. The van der Waals surface area contributed by atoms with E-state index in [4.69, 9.17) is 28.4 Å². The van der Waals surface area contributed by atoms with Crippen LogP contribution in [0.1, 0.15) is 138 Å². The third-order valence-electron chi connectivity index (χ3n) is 16.0. The van der Waals surface area contributed by atoms with Gasteiger partial charge in [-0.05, 0) is 26.0 Å². The normalized spacial score (nSPS) is 29.7. The van der Waals surface area contributed by atoms with E-state index in [0.717, 1.165) is 0 Å². The van der Waals surface area contributed by atoms with Gasteiger partial charge in [-0.1, -0.05) is 24.3 Å². The Morgan fingerprint density at radius 2 is 0.937 bits per heavy atom. The van der Waals surface area contributed by atoms with Crippen molar-refractivity contribution >= 4 is 47.1 Å². The summed E-state index contributed by atoms with van der Waals surface area (Å²) in [5.41, 5.74) is -3.06. The smallest absolute Gasteiger partial charge is 0.202 e. The number of hydrogen-bond acceptors (Lipinski definition) is 24. The van der Waals surface area contributed by atoms with Gasteiger partial charge in [-0.3, -0.25) is 39.6 Å². The first kappa shape index (κ1) is 57.2. The Morgan fingerprint density at radius 1 is 0.582 bits per heavy atom. The van der Waals surface area contributed by atoms with Gasteiger partial charge in [-0.15, -0.1) is 12.4 Å². The highest BCUT2D eigenvalue weighted by Crippen LogP contribution is 2.55. The standard InChI is InChI=1S/C54H56N2O22.ClH/c1-19-43(61)25(11-33(75-19)77-29-15-53(71,31(59)17-57)13-23-37(29)51(69)41-39(47(23)65)45(63)21-7-5-9-27(73-3)35(21)49(41)67)55-56-26-12-34(76-20(2)44(26)62)78-30-16-54(72,32(60)18-58)14-24-38(30)52(70)42-40(48(24)66)46(64)22-8-6-10-28(74-4)36(22)50(42)68;/h5-10,19-20,25-26,29-30,33-34,43-44,55-58,61-62,65-66,69-72H,11-18H2,1-4H3;1H/t19?,20?,25?,26?,29-,30-,33?,34?,43?,44?,53-,54-;/m0./s1. The summed E-state index contributed by atoms with van der Waals surface area (Å²) in [7, 11) is 2.55. The molecule has 0 bridgehead atoms. The van der Waals surface area contributed by atoms with Gasteiger partial charge in [0.25, 0.3) is 0 Å². The molecular formula is C54H57ClN2O22. The minimum atomic E-state index is -2.44. The van der Waals surface area contributed by atoms with Crippen molar-refractivity contribution in [1.29, 1.82) is 0 Å². The molecule has 25 heteroatoms. The second-order valence-electron chi connectivity index (χ2n) is 20.5. The number of nitrogens with one attached hydrogen (secondary N) is 2. The number of rotatable bonds is 13. The summed E-state index contributed by atoms with van der Waals surface area (Å²) < 4.78 is 35.5. The SMILES string of the molecule is COc1cccc2c1C(=O)c1c(O)c3c(c(O)c1C2=O)C[C@@](O)(C(=O)CO)C[C@@H]3OC1CC(NNC2CC(O[C@H]3C[C@](O)(C(=O)CO)Cc4c(O)c5c(c(O)c43)C(=O)c3c(OC)cccc3C5=O)OC(C)C2O)C(O)C(C)O1.Cl. The second-order valence-corrected chi connectivity index (χ2v) is 20.5. The fourth-order valence-electron chi connectivity index (χ4n) is 11.9. The van der Waals surface area contributed by atoms with Gasteiger partial charge >= 0.3 is 0 Å². The van der Waals surface area contributed by atoms with Gasteiger partial charge in [0.05, 0.1) is 96.3 Å². The molecule has 0 spiro atoms. The molecule has 79 heavy (non-hydrogen) atoms. The summed E-state index contributed by atoms with van der Waals surface area (Å²) >= 11 is 0. The largest absolute Gasteiger partial charge is 0.507 e. The van der Waals surface area contributed by atoms with Crippen molar-refractivity contribution in [3.8, 4) is 34.5 Å². The summed E-state index contributed by atoms with van der Waals surface area (Å²) in [5.74, 6) is -8.86. The van der Waals surface area contributed by atoms with Gasteiger partial charge in [0, 0.05) is 71.9 Å². The number of fused-ring (bicyclic) bond motifs is 6. The van der Waals surface area contributed by atoms with E-state index in [1.165, 1.54) is 64.5 Å². The number of carbonyl (C=O) groups excluding carboxylic acids is 6. The van der Waals surface area contributed by atoms with Gasteiger partial charge in [-0.2, -0.15) is 0 Å². The molecule has 4 aliphatic carbocycles. The van der Waals surface area contributed by atoms with E-state index in [-0.39, 0.29) is 81.3 Å². The zero-order valence-electron chi connectivity index (χ0n) is 42.7. The minimum Gasteiger partial charge on any atom is -0.507 e. The summed E-state index contributed by atoms with van der Waals surface area (Å²) in [4.78, 5) is 82.6. The summed E-state index contributed by atoms with van der Waals surface area (Å²) in [6.07, 6.45) is -13.8. The Hall–Kier alpha value is -6.49. The average Bonchev–Trinajstić information content (AvgIpc) is 3.28. The maximum absolute atomic E-state index is 14.2. The molecule has 8 unspecified atom stereocenters. The zero-order chi connectivity index (χ0) is 56.2. The van der Waals surface area contributed by atoms with Crippen LogP contribution in [0.4, 0.5) is 0 Å². The number of hydrazine groups is 1. The molecule has 422 valence electrons. The van der Waals surface area contributed by atoms with Crippen LogP contribution in [0.2, 0.25) is 0 Å². The van der Waals surface area contributed by atoms with Gasteiger partial charge in [0.1, 0.15) is 58.9 Å². The highest BCUT2D eigenvalue weighted by atomic mass is 35.5. The van der Waals surface area contributed by atoms with E-state index in [9.17, 15) is 79.8 Å². The van der Waals surface area contributed by atoms with Crippen molar-refractivity contribution in [2.24, 2.45) is 0 Å². The molecule has 10 rings (SSSR count). The van der Waals surface area contributed by atoms with Crippen LogP contribution in [0.15, 0.2) is 36.4 Å². The fraction of sp³-hybridized carbons (Fsp3) is 0.444. The molecule has 4 aromatic rings. The molecule has 12 atom stereocenters. The lowest BCUT2D eigenvalue weighted by atomic mass is 9.72. The Kier molecular flexibility index (Phi) is 15.3. The van der Waals surface area contributed by atoms with Crippen LogP contribution in [0.25, 0.3) is 0 Å². The highest BCUT2D eigenvalue weighted by molar-refractivity contribution is 6.32. The predicted molar refractivity (Wildman–Crippen MR) is 269 cm³/mol. The molecule has 2 heterocycles. The highest BCUT2D eigenvalue weighted by Gasteiger charge is 2.53. The number of benzene rings is 4. The van der Waals surface area contributed by atoms with Crippen LogP contribution >= 0.6 is 12.4 Å². The predicted octanol–water partition coefficient (Wildman–Crippen LogP) is 0.615. The molecule has 0 aromatic heterocycles. The molecular weight excluding hydrogens is 1060 g/mol. The summed E-state index contributed by atoms with van der Waals surface area (Å²) in [5, 5.41) is 114. The zero-order valence-corrected chi connectivity index (χ0v) is 43.5. The van der Waals surface area contributed by atoms with Crippen molar-refractivity contribution in [3.05, 3.63) is 103 Å². The maximum atomic E-state index is 14.2. The third kappa shape index (κ3) is 9.13. The van der Waals surface area contributed by atoms with Crippen molar-refractivity contribution in [2.45, 2.75) is 125 Å². The average molecular weight is 1120 g/mol. The van der Waals surface area contributed by atoms with Crippen LogP contribution in [0.5, 0.6) is 34.5 Å². The van der Waals surface area contributed by atoms with Crippen LogP contribution in [0, 0.1) is 0 Å². The van der Waals surface area contributed by atoms with Gasteiger partial charge in [0.15, 0.2) is 35.7 Å². The van der Waals surface area contributed by atoms with Crippen molar-refractivity contribution in [3.63, 3.8) is 0 Å². The number of ketones is 6. The first-order valence-electron chi connectivity index (χ1n) is 25.0. The Bertz CT molecular complexity index is 3030. The number of phenolic OH excluding ortho intramolecular Hbond substituents is 4. The van der Waals surface area contributed by atoms with Crippen molar-refractivity contribution in [2.75, 3.05) is 27.4 Å². The number of ether oxygens (including phenoxy) is 6. The lowest BCUT2D eigenvalue weighted by Gasteiger charge is -2.44. The van der Waals surface area contributed by atoms with Crippen molar-refractivity contribution < 1.29 is 108 Å². The molecule has 2 saturated heterocycles. The van der Waals surface area contributed by atoms with Gasteiger partial charge in [0.2, 0.25) is 11.6 Å². The first-order valence-corrected chi connectivity index (χ1v) is 25.0. The van der Waals surface area contributed by atoms with Crippen LogP contribution in [-0.4, -0.2) is 173 Å². The number of methoxy groups -OCH3 is 2. The number of aliphatic hydroxyl groups excluding tert-OH is 4. The molecule has 0 saturated carbocycles. The summed E-state index contributed by atoms with van der Waals surface area (Å²) in [6.45, 7) is 0.693. The number of hydrogen-bond donors (Lipinski definition) is 12. The number of halogens is 1. The molecule has 0 amide bonds. The number of phenols is 4. The van der Waals surface area contributed by atoms with E-state index in [1.54, 1.807) is 0 Å². The molecule has 0 radical (unpaired) electrons. The topological polar surface area (TPSA) is 384 Å². The number of Topliss-reactive ketones (excluding diaryl/α,β-unsaturated/α-hetero) is 2. The molecule has 4 aromatic carbocycles. The number of aromatic hydroxyl groups is 4. The van der Waals surface area contributed by atoms with E-state index in [0.29, 0.717) is 0 Å². The van der Waals surface area contributed by atoms with Crippen LogP contribution in [0.3, 0.4) is 0 Å². The van der Waals surface area contributed by atoms with E-state index in [2.05, 4.69) is 10.9 Å². The van der Waals surface area contributed by atoms with Gasteiger partial charge < -0.3 is 79.5 Å². The first-order chi connectivity index (χ1) is 37.0. The van der Waals surface area contributed by atoms with Crippen molar-refractivity contribution in [1.82, 2.24) is 10.9 Å². The summed E-state index contributed by atoms with van der Waals surface area (Å²) in [6, 6.07) is 6.41. The van der Waals surface area contributed by atoms with Crippen LogP contribution < -0.4 is 20.3 Å². The quantitative estimate of drug-likeness (QED) is 0.0557. The lowest BCUT2D eigenvalue weighted by molar-refractivity contribution is -0.256. The molecule has 24 nitrogen and oxygen atoms in total. The van der Waals surface area contributed by atoms with E-state index >= 15 is 0 Å².